The summed E-state index contributed by atoms with van der Waals surface area (Å²) in [6.07, 6.45) is 14.5. The zero-order valence-electron chi connectivity index (χ0n) is 13.0. The fraction of sp³-hybridized carbons (Fsp3) is 0.941. The van der Waals surface area contributed by atoms with Gasteiger partial charge in [0.05, 0.1) is 0 Å². The lowest BCUT2D eigenvalue weighted by molar-refractivity contribution is -0.125. The number of carbonyl (C=O) groups excluding carboxylic acids is 1. The average molecular weight is 280 g/mol. The minimum absolute atomic E-state index is 0.291. The maximum Gasteiger partial charge on any atom is 0.223 e. The van der Waals surface area contributed by atoms with Crippen molar-refractivity contribution in [2.24, 2.45) is 11.8 Å². The highest BCUT2D eigenvalue weighted by Gasteiger charge is 2.20. The van der Waals surface area contributed by atoms with Crippen LogP contribution in [0, 0.1) is 11.8 Å². The van der Waals surface area contributed by atoms with Gasteiger partial charge >= 0.3 is 0 Å². The molecule has 0 atom stereocenters. The first kappa shape index (κ1) is 15.8. The standard InChI is InChI=1S/C17H32N2O/c20-17(16-9-5-2-6-10-16)19-14-13-18-12-11-15-7-3-1-4-8-15/h15-16,18H,1-14H2,(H,19,20). The molecule has 3 heteroatoms. The topological polar surface area (TPSA) is 41.1 Å². The Morgan fingerprint density at radius 1 is 0.800 bits per heavy atom. The second kappa shape index (κ2) is 9.38. The zero-order chi connectivity index (χ0) is 14.0. The number of carbonyl (C=O) groups is 1. The third kappa shape index (κ3) is 5.82. The lowest BCUT2D eigenvalue weighted by Crippen LogP contribution is -2.37. The summed E-state index contributed by atoms with van der Waals surface area (Å²) in [6.45, 7) is 2.83. The Kier molecular flexibility index (Phi) is 7.42. The quantitative estimate of drug-likeness (QED) is 0.703. The van der Waals surface area contributed by atoms with E-state index in [2.05, 4.69) is 10.6 Å². The Hall–Kier alpha value is -0.570. The summed E-state index contributed by atoms with van der Waals surface area (Å²) >= 11 is 0. The molecule has 0 aromatic rings. The van der Waals surface area contributed by atoms with Crippen molar-refractivity contribution >= 4 is 5.91 Å². The molecule has 0 spiro atoms. The van der Waals surface area contributed by atoms with E-state index in [0.717, 1.165) is 38.4 Å². The highest BCUT2D eigenvalue weighted by Crippen LogP contribution is 2.25. The first-order chi connectivity index (χ1) is 9.86. The van der Waals surface area contributed by atoms with Crippen LogP contribution in [0.3, 0.4) is 0 Å². The maximum atomic E-state index is 11.9. The van der Waals surface area contributed by atoms with Crippen LogP contribution in [0.5, 0.6) is 0 Å². The van der Waals surface area contributed by atoms with Crippen LogP contribution >= 0.6 is 0 Å². The minimum Gasteiger partial charge on any atom is -0.355 e. The zero-order valence-corrected chi connectivity index (χ0v) is 13.0. The number of rotatable bonds is 7. The largest absolute Gasteiger partial charge is 0.355 e. The molecule has 2 saturated carbocycles. The Morgan fingerprint density at radius 3 is 2.15 bits per heavy atom. The van der Waals surface area contributed by atoms with Crippen molar-refractivity contribution in [1.29, 1.82) is 0 Å². The van der Waals surface area contributed by atoms with Crippen molar-refractivity contribution in [2.45, 2.75) is 70.6 Å². The molecule has 2 aliphatic carbocycles. The van der Waals surface area contributed by atoms with Gasteiger partial charge in [0.15, 0.2) is 0 Å². The van der Waals surface area contributed by atoms with Crippen molar-refractivity contribution in [2.75, 3.05) is 19.6 Å². The Labute approximate surface area is 124 Å². The molecule has 2 fully saturated rings. The summed E-state index contributed by atoms with van der Waals surface area (Å²) in [5.41, 5.74) is 0. The van der Waals surface area contributed by atoms with E-state index in [1.54, 1.807) is 0 Å². The van der Waals surface area contributed by atoms with Crippen LogP contribution < -0.4 is 10.6 Å². The summed E-state index contributed by atoms with van der Waals surface area (Å²) in [7, 11) is 0. The molecule has 2 rings (SSSR count). The van der Waals surface area contributed by atoms with Crippen molar-refractivity contribution < 1.29 is 4.79 Å². The Balaban J connectivity index is 1.43. The number of hydrogen-bond donors (Lipinski definition) is 2. The lowest BCUT2D eigenvalue weighted by atomic mass is 9.87. The molecule has 0 aromatic carbocycles. The van der Waals surface area contributed by atoms with E-state index in [9.17, 15) is 4.79 Å². The van der Waals surface area contributed by atoms with Crippen LogP contribution in [0.2, 0.25) is 0 Å². The third-order valence-corrected chi connectivity index (χ3v) is 5.03. The average Bonchev–Trinajstić information content (AvgIpc) is 2.52. The van der Waals surface area contributed by atoms with E-state index in [1.807, 2.05) is 0 Å². The van der Waals surface area contributed by atoms with Gasteiger partial charge in [0.1, 0.15) is 0 Å². The smallest absolute Gasteiger partial charge is 0.223 e. The molecule has 0 radical (unpaired) electrons. The molecule has 0 saturated heterocycles. The SMILES string of the molecule is O=C(NCCNCCC1CCCCC1)C1CCCCC1. The predicted molar refractivity (Wildman–Crippen MR) is 83.6 cm³/mol. The number of hydrogen-bond acceptors (Lipinski definition) is 2. The van der Waals surface area contributed by atoms with Crippen LogP contribution in [0.15, 0.2) is 0 Å². The van der Waals surface area contributed by atoms with Crippen LogP contribution in [-0.2, 0) is 4.79 Å². The maximum absolute atomic E-state index is 11.9. The molecule has 0 unspecified atom stereocenters. The number of amides is 1. The molecule has 116 valence electrons. The predicted octanol–water partition coefficient (Wildman–Crippen LogP) is 3.24. The van der Waals surface area contributed by atoms with Crippen LogP contribution in [0.4, 0.5) is 0 Å². The normalized spacial score (nSPS) is 21.8. The molecule has 1 amide bonds. The molecule has 2 aliphatic rings. The highest BCUT2D eigenvalue weighted by atomic mass is 16.1. The molecule has 0 bridgehead atoms. The van der Waals surface area contributed by atoms with Gasteiger partial charge in [0, 0.05) is 19.0 Å². The van der Waals surface area contributed by atoms with Gasteiger partial charge in [-0.15, -0.1) is 0 Å². The van der Waals surface area contributed by atoms with Crippen LogP contribution in [0.25, 0.3) is 0 Å². The van der Waals surface area contributed by atoms with Crippen molar-refractivity contribution in [3.63, 3.8) is 0 Å². The second-order valence-corrected chi connectivity index (χ2v) is 6.67. The van der Waals surface area contributed by atoms with Gasteiger partial charge in [-0.2, -0.15) is 0 Å². The van der Waals surface area contributed by atoms with Gasteiger partial charge in [-0.25, -0.2) is 0 Å². The molecular weight excluding hydrogens is 248 g/mol. The second-order valence-electron chi connectivity index (χ2n) is 6.67. The summed E-state index contributed by atoms with van der Waals surface area (Å²) < 4.78 is 0. The highest BCUT2D eigenvalue weighted by molar-refractivity contribution is 5.78. The van der Waals surface area contributed by atoms with Gasteiger partial charge in [0.25, 0.3) is 0 Å². The van der Waals surface area contributed by atoms with Gasteiger partial charge in [0.2, 0.25) is 5.91 Å². The van der Waals surface area contributed by atoms with Crippen molar-refractivity contribution in [3.8, 4) is 0 Å². The van der Waals surface area contributed by atoms with E-state index in [-0.39, 0.29) is 0 Å². The van der Waals surface area contributed by atoms with E-state index in [0.29, 0.717) is 11.8 Å². The fourth-order valence-electron chi connectivity index (χ4n) is 3.69. The fourth-order valence-corrected chi connectivity index (χ4v) is 3.69. The van der Waals surface area contributed by atoms with E-state index < -0.39 is 0 Å². The molecular formula is C17H32N2O. The Morgan fingerprint density at radius 2 is 1.45 bits per heavy atom. The van der Waals surface area contributed by atoms with Gasteiger partial charge in [-0.1, -0.05) is 51.4 Å². The van der Waals surface area contributed by atoms with Gasteiger partial charge in [-0.3, -0.25) is 4.79 Å². The minimum atomic E-state index is 0.291. The van der Waals surface area contributed by atoms with E-state index >= 15 is 0 Å². The van der Waals surface area contributed by atoms with Gasteiger partial charge in [-0.05, 0) is 31.7 Å². The molecule has 0 aromatic heterocycles. The van der Waals surface area contributed by atoms with Crippen molar-refractivity contribution in [3.05, 3.63) is 0 Å². The van der Waals surface area contributed by atoms with E-state index in [1.165, 1.54) is 57.8 Å². The monoisotopic (exact) mass is 280 g/mol. The summed E-state index contributed by atoms with van der Waals surface area (Å²) in [6, 6.07) is 0. The van der Waals surface area contributed by atoms with E-state index in [4.69, 9.17) is 0 Å². The van der Waals surface area contributed by atoms with Crippen LogP contribution in [-0.4, -0.2) is 25.5 Å². The molecule has 0 heterocycles. The summed E-state index contributed by atoms with van der Waals surface area (Å²) in [5, 5.41) is 6.57. The first-order valence-electron chi connectivity index (χ1n) is 8.84. The van der Waals surface area contributed by atoms with Gasteiger partial charge < -0.3 is 10.6 Å². The molecule has 2 N–H and O–H groups in total. The van der Waals surface area contributed by atoms with Crippen molar-refractivity contribution in [1.82, 2.24) is 10.6 Å². The third-order valence-electron chi connectivity index (χ3n) is 5.03. The lowest BCUT2D eigenvalue weighted by Gasteiger charge is -2.22. The number of nitrogens with one attached hydrogen (secondary N) is 2. The molecule has 20 heavy (non-hydrogen) atoms. The Bertz CT molecular complexity index is 268. The van der Waals surface area contributed by atoms with Crippen LogP contribution in [0.1, 0.15) is 70.6 Å². The molecule has 0 aliphatic heterocycles. The summed E-state index contributed by atoms with van der Waals surface area (Å²) in [4.78, 5) is 11.9. The summed E-state index contributed by atoms with van der Waals surface area (Å²) in [5.74, 6) is 1.54. The molecule has 3 nitrogen and oxygen atoms in total. The first-order valence-corrected chi connectivity index (χ1v) is 8.84.